The van der Waals surface area contributed by atoms with E-state index in [-0.39, 0.29) is 11.7 Å². The molecule has 4 aromatic carbocycles. The number of hydrazone groups is 1. The standard InChI is InChI=1S/C31H24BrN3O4/c1-19-8-14-25-24(16-19)28(21-6-4-3-5-7-21)29(34-25)30(36)35-33-18-20-9-15-26(27(17-20)38-2)39-31(37)22-10-12-23(32)13-11-22/h3-18,34H,1-2H3,(H,35,36). The van der Waals surface area contributed by atoms with Crippen molar-refractivity contribution in [3.8, 4) is 22.6 Å². The van der Waals surface area contributed by atoms with Crippen molar-refractivity contribution in [2.45, 2.75) is 6.92 Å². The van der Waals surface area contributed by atoms with Crippen molar-refractivity contribution in [2.24, 2.45) is 5.10 Å². The summed E-state index contributed by atoms with van der Waals surface area (Å²) in [6.07, 6.45) is 1.50. The van der Waals surface area contributed by atoms with E-state index in [4.69, 9.17) is 9.47 Å². The van der Waals surface area contributed by atoms with E-state index in [2.05, 4.69) is 37.5 Å². The zero-order valence-electron chi connectivity index (χ0n) is 21.2. The molecule has 0 unspecified atom stereocenters. The minimum Gasteiger partial charge on any atom is -0.493 e. The molecule has 2 N–H and O–H groups in total. The van der Waals surface area contributed by atoms with Crippen LogP contribution in [0.15, 0.2) is 101 Å². The lowest BCUT2D eigenvalue weighted by Gasteiger charge is -2.10. The number of carbonyl (C=O) groups excluding carboxylic acids is 2. The number of H-pyrrole nitrogens is 1. The molecule has 1 amide bonds. The maximum absolute atomic E-state index is 13.2. The third-order valence-corrected chi connectivity index (χ3v) is 6.62. The summed E-state index contributed by atoms with van der Waals surface area (Å²) < 4.78 is 11.8. The first-order valence-electron chi connectivity index (χ1n) is 12.1. The van der Waals surface area contributed by atoms with E-state index >= 15 is 0 Å². The van der Waals surface area contributed by atoms with Crippen LogP contribution >= 0.6 is 15.9 Å². The maximum atomic E-state index is 13.2. The van der Waals surface area contributed by atoms with Crippen LogP contribution in [0.25, 0.3) is 22.0 Å². The number of esters is 1. The Labute approximate surface area is 233 Å². The van der Waals surface area contributed by atoms with Crippen molar-refractivity contribution in [3.05, 3.63) is 118 Å². The van der Waals surface area contributed by atoms with Crippen LogP contribution in [-0.2, 0) is 0 Å². The van der Waals surface area contributed by atoms with Gasteiger partial charge in [0.15, 0.2) is 11.5 Å². The number of aryl methyl sites for hydroxylation is 1. The fourth-order valence-electron chi connectivity index (χ4n) is 4.20. The summed E-state index contributed by atoms with van der Waals surface area (Å²) in [5.41, 5.74) is 7.81. The van der Waals surface area contributed by atoms with Gasteiger partial charge in [0.25, 0.3) is 5.91 Å². The molecule has 194 valence electrons. The molecule has 0 atom stereocenters. The van der Waals surface area contributed by atoms with Gasteiger partial charge in [-0.1, -0.05) is 57.9 Å². The first-order valence-corrected chi connectivity index (χ1v) is 12.9. The molecule has 0 saturated heterocycles. The van der Waals surface area contributed by atoms with Gasteiger partial charge in [-0.3, -0.25) is 4.79 Å². The molecule has 0 saturated carbocycles. The van der Waals surface area contributed by atoms with Gasteiger partial charge in [0.1, 0.15) is 5.69 Å². The van der Waals surface area contributed by atoms with Gasteiger partial charge in [-0.2, -0.15) is 5.10 Å². The molecule has 0 aliphatic heterocycles. The van der Waals surface area contributed by atoms with Crippen molar-refractivity contribution >= 4 is 44.9 Å². The molecular formula is C31H24BrN3O4. The number of aromatic nitrogens is 1. The molecule has 0 aliphatic rings. The van der Waals surface area contributed by atoms with E-state index < -0.39 is 5.97 Å². The average Bonchev–Trinajstić information content (AvgIpc) is 3.33. The highest BCUT2D eigenvalue weighted by molar-refractivity contribution is 9.10. The van der Waals surface area contributed by atoms with Gasteiger partial charge in [0.2, 0.25) is 0 Å². The minimum atomic E-state index is -0.503. The van der Waals surface area contributed by atoms with E-state index in [1.165, 1.54) is 13.3 Å². The fraction of sp³-hybridized carbons (Fsp3) is 0.0645. The predicted octanol–water partition coefficient (Wildman–Crippen LogP) is 6.90. The average molecular weight is 582 g/mol. The second-order valence-corrected chi connectivity index (χ2v) is 9.71. The smallest absolute Gasteiger partial charge is 0.343 e. The third-order valence-electron chi connectivity index (χ3n) is 6.09. The Kier molecular flexibility index (Phi) is 7.56. The Morgan fingerprint density at radius 3 is 2.44 bits per heavy atom. The van der Waals surface area contributed by atoms with Crippen LogP contribution in [0.5, 0.6) is 11.5 Å². The lowest BCUT2D eigenvalue weighted by atomic mass is 10.0. The minimum absolute atomic E-state index is 0.271. The molecule has 1 heterocycles. The summed E-state index contributed by atoms with van der Waals surface area (Å²) in [7, 11) is 1.48. The molecule has 7 nitrogen and oxygen atoms in total. The second-order valence-electron chi connectivity index (χ2n) is 8.80. The molecule has 0 aliphatic carbocycles. The number of hydrogen-bond acceptors (Lipinski definition) is 5. The predicted molar refractivity (Wildman–Crippen MR) is 156 cm³/mol. The van der Waals surface area contributed by atoms with Crippen LogP contribution in [-0.4, -0.2) is 30.2 Å². The number of benzene rings is 4. The van der Waals surface area contributed by atoms with Crippen LogP contribution in [0, 0.1) is 6.92 Å². The number of carbonyl (C=O) groups is 2. The number of hydrogen-bond donors (Lipinski definition) is 2. The molecule has 0 bridgehead atoms. The molecule has 5 aromatic rings. The number of ether oxygens (including phenoxy) is 2. The van der Waals surface area contributed by atoms with Crippen LogP contribution in [0.4, 0.5) is 0 Å². The summed E-state index contributed by atoms with van der Waals surface area (Å²) in [5, 5.41) is 5.12. The maximum Gasteiger partial charge on any atom is 0.343 e. The van der Waals surface area contributed by atoms with Gasteiger partial charge in [0.05, 0.1) is 18.9 Å². The Morgan fingerprint density at radius 2 is 1.69 bits per heavy atom. The molecule has 0 spiro atoms. The number of amides is 1. The highest BCUT2D eigenvalue weighted by Gasteiger charge is 2.19. The quantitative estimate of drug-likeness (QED) is 0.0946. The highest BCUT2D eigenvalue weighted by Crippen LogP contribution is 2.33. The number of halogens is 1. The van der Waals surface area contributed by atoms with E-state index in [0.29, 0.717) is 22.6 Å². The Morgan fingerprint density at radius 1 is 0.923 bits per heavy atom. The van der Waals surface area contributed by atoms with Crippen molar-refractivity contribution in [1.29, 1.82) is 0 Å². The van der Waals surface area contributed by atoms with Gasteiger partial charge >= 0.3 is 5.97 Å². The first-order chi connectivity index (χ1) is 18.9. The number of fused-ring (bicyclic) bond motifs is 1. The monoisotopic (exact) mass is 581 g/mol. The van der Waals surface area contributed by atoms with E-state index in [9.17, 15) is 9.59 Å². The summed E-state index contributed by atoms with van der Waals surface area (Å²) in [5.74, 6) is -0.247. The number of nitrogens with zero attached hydrogens (tertiary/aromatic N) is 1. The number of nitrogens with one attached hydrogen (secondary N) is 2. The fourth-order valence-corrected chi connectivity index (χ4v) is 4.46. The highest BCUT2D eigenvalue weighted by atomic mass is 79.9. The Hall–Kier alpha value is -4.69. The number of methoxy groups -OCH3 is 1. The molecule has 8 heteroatoms. The van der Waals surface area contributed by atoms with E-state index in [1.807, 2.05) is 49.4 Å². The molecule has 0 fully saturated rings. The van der Waals surface area contributed by atoms with Crippen LogP contribution < -0.4 is 14.9 Å². The van der Waals surface area contributed by atoms with Gasteiger partial charge in [-0.05, 0) is 72.6 Å². The van der Waals surface area contributed by atoms with Gasteiger partial charge < -0.3 is 14.5 Å². The molecule has 0 radical (unpaired) electrons. The summed E-state index contributed by atoms with van der Waals surface area (Å²) >= 11 is 3.35. The lowest BCUT2D eigenvalue weighted by Crippen LogP contribution is -2.18. The Bertz CT molecular complexity index is 1690. The third kappa shape index (κ3) is 5.76. The number of rotatable bonds is 7. The van der Waals surface area contributed by atoms with Crippen molar-refractivity contribution in [1.82, 2.24) is 10.4 Å². The topological polar surface area (TPSA) is 92.8 Å². The van der Waals surface area contributed by atoms with Crippen molar-refractivity contribution in [3.63, 3.8) is 0 Å². The van der Waals surface area contributed by atoms with Crippen molar-refractivity contribution < 1.29 is 19.1 Å². The van der Waals surface area contributed by atoms with Gasteiger partial charge in [-0.25, -0.2) is 10.2 Å². The van der Waals surface area contributed by atoms with Crippen LogP contribution in [0.2, 0.25) is 0 Å². The summed E-state index contributed by atoms with van der Waals surface area (Å²) in [6.45, 7) is 2.02. The first kappa shape index (κ1) is 25.9. The van der Waals surface area contributed by atoms with E-state index in [1.54, 1.807) is 42.5 Å². The molecular weight excluding hydrogens is 558 g/mol. The molecule has 1 aromatic heterocycles. The summed E-state index contributed by atoms with van der Waals surface area (Å²) in [6, 6.07) is 27.7. The zero-order chi connectivity index (χ0) is 27.4. The van der Waals surface area contributed by atoms with Crippen molar-refractivity contribution in [2.75, 3.05) is 7.11 Å². The summed E-state index contributed by atoms with van der Waals surface area (Å²) in [4.78, 5) is 28.9. The lowest BCUT2D eigenvalue weighted by molar-refractivity contribution is 0.0729. The van der Waals surface area contributed by atoms with Gasteiger partial charge in [0, 0.05) is 20.9 Å². The number of aromatic amines is 1. The van der Waals surface area contributed by atoms with Gasteiger partial charge in [-0.15, -0.1) is 0 Å². The second kappa shape index (κ2) is 11.4. The Balaban J connectivity index is 1.34. The molecule has 5 rings (SSSR count). The zero-order valence-corrected chi connectivity index (χ0v) is 22.8. The van der Waals surface area contributed by atoms with Crippen LogP contribution in [0.1, 0.15) is 32.0 Å². The SMILES string of the molecule is COc1cc(C=NNC(=O)c2[nH]c3ccc(C)cc3c2-c2ccccc2)ccc1OC(=O)c1ccc(Br)cc1. The largest absolute Gasteiger partial charge is 0.493 e. The molecule has 39 heavy (non-hydrogen) atoms. The van der Waals surface area contributed by atoms with E-state index in [0.717, 1.165) is 32.1 Å². The normalized spacial score (nSPS) is 11.1. The van der Waals surface area contributed by atoms with Crippen LogP contribution in [0.3, 0.4) is 0 Å².